The van der Waals surface area contributed by atoms with Crippen LogP contribution in [0.5, 0.6) is 17.2 Å². The first kappa shape index (κ1) is 18.6. The van der Waals surface area contributed by atoms with E-state index in [1.54, 1.807) is 38.5 Å². The molecule has 0 aliphatic heterocycles. The molecular weight excluding hydrogens is 316 g/mol. The van der Waals surface area contributed by atoms with Crippen molar-refractivity contribution in [2.45, 2.75) is 19.8 Å². The predicted molar refractivity (Wildman–Crippen MR) is 99.8 cm³/mol. The van der Waals surface area contributed by atoms with Gasteiger partial charge in [-0.2, -0.15) is 0 Å². The SMILES string of the molecule is CCCCOc1cccc(C(=O)/C=C/c2ccc(OC)cc2OC)c1. The van der Waals surface area contributed by atoms with Gasteiger partial charge in [0, 0.05) is 17.2 Å². The van der Waals surface area contributed by atoms with Gasteiger partial charge in [-0.1, -0.05) is 25.5 Å². The lowest BCUT2D eigenvalue weighted by Gasteiger charge is -2.07. The first-order chi connectivity index (χ1) is 12.2. The van der Waals surface area contributed by atoms with Gasteiger partial charge in [0.05, 0.1) is 20.8 Å². The Morgan fingerprint density at radius 3 is 2.60 bits per heavy atom. The zero-order chi connectivity index (χ0) is 18.1. The van der Waals surface area contributed by atoms with Crippen LogP contribution >= 0.6 is 0 Å². The fraction of sp³-hybridized carbons (Fsp3) is 0.286. The van der Waals surface area contributed by atoms with Gasteiger partial charge in [0.2, 0.25) is 0 Å². The van der Waals surface area contributed by atoms with Crippen LogP contribution in [-0.4, -0.2) is 26.6 Å². The van der Waals surface area contributed by atoms with Gasteiger partial charge in [-0.25, -0.2) is 0 Å². The number of unbranched alkanes of at least 4 members (excludes halogenated alkanes) is 1. The number of ether oxygens (including phenoxy) is 3. The van der Waals surface area contributed by atoms with Gasteiger partial charge in [0.1, 0.15) is 17.2 Å². The highest BCUT2D eigenvalue weighted by molar-refractivity contribution is 6.07. The summed E-state index contributed by atoms with van der Waals surface area (Å²) in [5, 5.41) is 0. The maximum Gasteiger partial charge on any atom is 0.185 e. The smallest absolute Gasteiger partial charge is 0.185 e. The zero-order valence-corrected chi connectivity index (χ0v) is 15.0. The molecule has 0 N–H and O–H groups in total. The maximum absolute atomic E-state index is 12.4. The summed E-state index contributed by atoms with van der Waals surface area (Å²) >= 11 is 0. The molecule has 25 heavy (non-hydrogen) atoms. The standard InChI is InChI=1S/C21H24O4/c1-4-5-13-25-19-8-6-7-17(14-19)20(22)12-10-16-9-11-18(23-2)15-21(16)24-3/h6-12,14-15H,4-5,13H2,1-3H3/b12-10+. The van der Waals surface area contributed by atoms with E-state index in [4.69, 9.17) is 14.2 Å². The Kier molecular flexibility index (Phi) is 7.08. The molecule has 4 nitrogen and oxygen atoms in total. The molecule has 0 aliphatic rings. The summed E-state index contributed by atoms with van der Waals surface area (Å²) in [4.78, 5) is 12.4. The molecule has 0 amide bonds. The summed E-state index contributed by atoms with van der Waals surface area (Å²) in [7, 11) is 3.19. The number of ketones is 1. The third-order valence-corrected chi connectivity index (χ3v) is 3.74. The molecule has 0 radical (unpaired) electrons. The van der Waals surface area contributed by atoms with E-state index in [1.165, 1.54) is 6.08 Å². The van der Waals surface area contributed by atoms with Gasteiger partial charge in [0.25, 0.3) is 0 Å². The van der Waals surface area contributed by atoms with Gasteiger partial charge in [-0.05, 0) is 42.8 Å². The Morgan fingerprint density at radius 2 is 1.88 bits per heavy atom. The number of hydrogen-bond donors (Lipinski definition) is 0. The van der Waals surface area contributed by atoms with Crippen molar-refractivity contribution in [3.05, 3.63) is 59.7 Å². The minimum atomic E-state index is -0.0844. The van der Waals surface area contributed by atoms with E-state index in [-0.39, 0.29) is 5.78 Å². The van der Waals surface area contributed by atoms with Crippen LogP contribution in [0.3, 0.4) is 0 Å². The molecule has 2 aromatic carbocycles. The van der Waals surface area contributed by atoms with Gasteiger partial charge in [0.15, 0.2) is 5.78 Å². The van der Waals surface area contributed by atoms with Crippen molar-refractivity contribution >= 4 is 11.9 Å². The van der Waals surface area contributed by atoms with Crippen LogP contribution in [0.1, 0.15) is 35.7 Å². The molecule has 0 aliphatic carbocycles. The second kappa shape index (κ2) is 9.52. The van der Waals surface area contributed by atoms with E-state index in [1.807, 2.05) is 24.3 Å². The number of carbonyl (C=O) groups excluding carboxylic acids is 1. The Balaban J connectivity index is 2.11. The Hall–Kier alpha value is -2.75. The van der Waals surface area contributed by atoms with E-state index in [0.717, 1.165) is 24.2 Å². The summed E-state index contributed by atoms with van der Waals surface area (Å²) < 4.78 is 16.2. The van der Waals surface area contributed by atoms with Crippen molar-refractivity contribution in [1.29, 1.82) is 0 Å². The molecule has 0 heterocycles. The summed E-state index contributed by atoms with van der Waals surface area (Å²) in [5.41, 5.74) is 1.41. The lowest BCUT2D eigenvalue weighted by Crippen LogP contribution is -1.99. The summed E-state index contributed by atoms with van der Waals surface area (Å²) in [6.45, 7) is 2.77. The monoisotopic (exact) mass is 340 g/mol. The Morgan fingerprint density at radius 1 is 1.04 bits per heavy atom. The van der Waals surface area contributed by atoms with E-state index < -0.39 is 0 Å². The minimum absolute atomic E-state index is 0.0844. The molecule has 0 aromatic heterocycles. The second-order valence-electron chi connectivity index (χ2n) is 5.54. The molecule has 132 valence electrons. The van der Waals surface area contributed by atoms with Gasteiger partial charge in [-0.15, -0.1) is 0 Å². The highest BCUT2D eigenvalue weighted by Crippen LogP contribution is 2.25. The summed E-state index contributed by atoms with van der Waals surface area (Å²) in [6.07, 6.45) is 5.35. The quantitative estimate of drug-likeness (QED) is 0.374. The average molecular weight is 340 g/mol. The molecular formula is C21H24O4. The fourth-order valence-corrected chi connectivity index (χ4v) is 2.29. The molecule has 0 atom stereocenters. The van der Waals surface area contributed by atoms with Crippen LogP contribution in [-0.2, 0) is 0 Å². The third-order valence-electron chi connectivity index (χ3n) is 3.74. The minimum Gasteiger partial charge on any atom is -0.497 e. The molecule has 0 spiro atoms. The highest BCUT2D eigenvalue weighted by atomic mass is 16.5. The third kappa shape index (κ3) is 5.38. The number of benzene rings is 2. The molecule has 0 bridgehead atoms. The highest BCUT2D eigenvalue weighted by Gasteiger charge is 2.06. The lowest BCUT2D eigenvalue weighted by atomic mass is 10.1. The second-order valence-corrected chi connectivity index (χ2v) is 5.54. The molecule has 0 fully saturated rings. The molecule has 2 aromatic rings. The predicted octanol–water partition coefficient (Wildman–Crippen LogP) is 4.78. The van der Waals surface area contributed by atoms with E-state index in [0.29, 0.717) is 23.7 Å². The number of hydrogen-bond acceptors (Lipinski definition) is 4. The Bertz CT molecular complexity index is 734. The number of rotatable bonds is 9. The van der Waals surface area contributed by atoms with Gasteiger partial charge in [-0.3, -0.25) is 4.79 Å². The van der Waals surface area contributed by atoms with Gasteiger partial charge >= 0.3 is 0 Å². The van der Waals surface area contributed by atoms with E-state index >= 15 is 0 Å². The van der Waals surface area contributed by atoms with Gasteiger partial charge < -0.3 is 14.2 Å². The van der Waals surface area contributed by atoms with Crippen LogP contribution in [0.25, 0.3) is 6.08 Å². The average Bonchev–Trinajstić information content (AvgIpc) is 2.66. The van der Waals surface area contributed by atoms with Crippen LogP contribution < -0.4 is 14.2 Å². The number of carbonyl (C=O) groups is 1. The first-order valence-electron chi connectivity index (χ1n) is 8.35. The fourth-order valence-electron chi connectivity index (χ4n) is 2.29. The summed E-state index contributed by atoms with van der Waals surface area (Å²) in [5.74, 6) is 1.99. The van der Waals surface area contributed by atoms with Crippen LogP contribution in [0, 0.1) is 0 Å². The maximum atomic E-state index is 12.4. The lowest BCUT2D eigenvalue weighted by molar-refractivity contribution is 0.104. The van der Waals surface area contributed by atoms with Crippen molar-refractivity contribution in [3.8, 4) is 17.2 Å². The van der Waals surface area contributed by atoms with Crippen molar-refractivity contribution in [2.75, 3.05) is 20.8 Å². The summed E-state index contributed by atoms with van der Waals surface area (Å²) in [6, 6.07) is 12.7. The molecule has 2 rings (SSSR count). The number of methoxy groups -OCH3 is 2. The number of allylic oxidation sites excluding steroid dienone is 1. The normalized spacial score (nSPS) is 10.7. The Labute approximate surface area is 149 Å². The van der Waals surface area contributed by atoms with E-state index in [2.05, 4.69) is 6.92 Å². The van der Waals surface area contributed by atoms with E-state index in [9.17, 15) is 4.79 Å². The van der Waals surface area contributed by atoms with Crippen molar-refractivity contribution in [3.63, 3.8) is 0 Å². The first-order valence-corrected chi connectivity index (χ1v) is 8.35. The van der Waals surface area contributed by atoms with Crippen LogP contribution in [0.15, 0.2) is 48.5 Å². The topological polar surface area (TPSA) is 44.8 Å². The molecule has 0 saturated carbocycles. The van der Waals surface area contributed by atoms with Crippen molar-refractivity contribution < 1.29 is 19.0 Å². The zero-order valence-electron chi connectivity index (χ0n) is 15.0. The van der Waals surface area contributed by atoms with Crippen molar-refractivity contribution in [2.24, 2.45) is 0 Å². The van der Waals surface area contributed by atoms with Crippen LogP contribution in [0.2, 0.25) is 0 Å². The largest absolute Gasteiger partial charge is 0.497 e. The molecule has 4 heteroatoms. The molecule has 0 unspecified atom stereocenters. The van der Waals surface area contributed by atoms with Crippen molar-refractivity contribution in [1.82, 2.24) is 0 Å². The molecule has 0 saturated heterocycles. The van der Waals surface area contributed by atoms with Crippen LogP contribution in [0.4, 0.5) is 0 Å².